The van der Waals surface area contributed by atoms with Crippen molar-refractivity contribution in [2.24, 2.45) is 5.41 Å². The average molecular weight is 221 g/mol. The van der Waals surface area contributed by atoms with Crippen LogP contribution in [0.3, 0.4) is 0 Å². The van der Waals surface area contributed by atoms with Crippen molar-refractivity contribution in [3.63, 3.8) is 0 Å². The zero-order valence-corrected chi connectivity index (χ0v) is 9.66. The molecule has 15 heavy (non-hydrogen) atoms. The number of nitriles is 1. The molecule has 0 aromatic carbocycles. The van der Waals surface area contributed by atoms with Gasteiger partial charge in [-0.25, -0.2) is 0 Å². The van der Waals surface area contributed by atoms with Crippen molar-refractivity contribution in [1.29, 1.82) is 5.26 Å². The van der Waals surface area contributed by atoms with Crippen LogP contribution in [0.25, 0.3) is 0 Å². The summed E-state index contributed by atoms with van der Waals surface area (Å²) in [5.41, 5.74) is 6.72. The van der Waals surface area contributed by atoms with E-state index in [-0.39, 0.29) is 0 Å². The Hall–Kier alpha value is -1.21. The van der Waals surface area contributed by atoms with Crippen LogP contribution in [0.5, 0.6) is 0 Å². The second-order valence-corrected chi connectivity index (χ2v) is 5.58. The van der Waals surface area contributed by atoms with Crippen molar-refractivity contribution in [3.8, 4) is 6.07 Å². The van der Waals surface area contributed by atoms with Gasteiger partial charge >= 0.3 is 0 Å². The number of hydrogen-bond donors (Lipinski definition) is 2. The molecule has 1 heterocycles. The first-order valence-corrected chi connectivity index (χ1v) is 5.98. The molecule has 1 fully saturated rings. The molecule has 1 saturated carbocycles. The molecule has 4 heteroatoms. The van der Waals surface area contributed by atoms with Gasteiger partial charge in [-0.1, -0.05) is 13.3 Å². The molecule has 0 atom stereocenters. The number of hydrogen-bond acceptors (Lipinski definition) is 4. The van der Waals surface area contributed by atoms with Crippen molar-refractivity contribution in [2.45, 2.75) is 26.2 Å². The minimum atomic E-state index is 0.450. The minimum absolute atomic E-state index is 0.450. The zero-order valence-electron chi connectivity index (χ0n) is 8.84. The standard InChI is InChI=1S/C11H15N3S/c1-11(3-2-4-11)7-14-10-5-8(13)9(6-12)15-10/h5,14H,2-4,7,13H2,1H3. The van der Waals surface area contributed by atoms with E-state index in [9.17, 15) is 0 Å². The highest BCUT2D eigenvalue weighted by Gasteiger charge is 2.31. The van der Waals surface area contributed by atoms with E-state index in [0.717, 1.165) is 11.5 Å². The smallest absolute Gasteiger partial charge is 0.129 e. The van der Waals surface area contributed by atoms with Crippen LogP contribution in [-0.4, -0.2) is 6.54 Å². The lowest BCUT2D eigenvalue weighted by atomic mass is 9.70. The van der Waals surface area contributed by atoms with Gasteiger partial charge in [0.2, 0.25) is 0 Å². The summed E-state index contributed by atoms with van der Waals surface area (Å²) < 4.78 is 0. The summed E-state index contributed by atoms with van der Waals surface area (Å²) in [7, 11) is 0. The van der Waals surface area contributed by atoms with Crippen LogP contribution in [0.2, 0.25) is 0 Å². The lowest BCUT2D eigenvalue weighted by Crippen LogP contribution is -2.33. The van der Waals surface area contributed by atoms with Gasteiger partial charge in [0, 0.05) is 6.54 Å². The van der Waals surface area contributed by atoms with E-state index in [1.807, 2.05) is 6.07 Å². The SMILES string of the molecule is CC1(CNc2cc(N)c(C#N)s2)CCC1. The highest BCUT2D eigenvalue weighted by molar-refractivity contribution is 7.17. The van der Waals surface area contributed by atoms with E-state index in [0.29, 0.717) is 16.0 Å². The summed E-state index contributed by atoms with van der Waals surface area (Å²) >= 11 is 1.44. The van der Waals surface area contributed by atoms with E-state index < -0.39 is 0 Å². The molecule has 0 bridgehead atoms. The molecule has 1 aliphatic rings. The molecule has 1 aromatic heterocycles. The van der Waals surface area contributed by atoms with Gasteiger partial charge < -0.3 is 11.1 Å². The lowest BCUT2D eigenvalue weighted by Gasteiger charge is -2.38. The third kappa shape index (κ3) is 2.07. The summed E-state index contributed by atoms with van der Waals surface area (Å²) in [4.78, 5) is 0.608. The molecule has 0 spiro atoms. The molecule has 80 valence electrons. The Kier molecular flexibility index (Phi) is 2.57. The van der Waals surface area contributed by atoms with E-state index >= 15 is 0 Å². The first kappa shape index (κ1) is 10.3. The molecule has 3 nitrogen and oxygen atoms in total. The molecule has 1 aliphatic carbocycles. The Morgan fingerprint density at radius 1 is 1.67 bits per heavy atom. The lowest BCUT2D eigenvalue weighted by molar-refractivity contribution is 0.180. The molecular weight excluding hydrogens is 206 g/mol. The topological polar surface area (TPSA) is 61.8 Å². The van der Waals surface area contributed by atoms with Crippen molar-refractivity contribution in [1.82, 2.24) is 0 Å². The molecule has 0 radical (unpaired) electrons. The Bertz CT molecular complexity index is 398. The number of anilines is 2. The van der Waals surface area contributed by atoms with Crippen molar-refractivity contribution in [3.05, 3.63) is 10.9 Å². The molecule has 0 aliphatic heterocycles. The maximum atomic E-state index is 8.77. The molecule has 0 saturated heterocycles. The fourth-order valence-electron chi connectivity index (χ4n) is 1.84. The normalized spacial score (nSPS) is 17.9. The van der Waals surface area contributed by atoms with Gasteiger partial charge in [-0.2, -0.15) is 5.26 Å². The van der Waals surface area contributed by atoms with Gasteiger partial charge in [-0.05, 0) is 24.3 Å². The molecule has 0 amide bonds. The highest BCUT2D eigenvalue weighted by Crippen LogP contribution is 2.40. The van der Waals surface area contributed by atoms with Crippen LogP contribution >= 0.6 is 11.3 Å². The number of rotatable bonds is 3. The monoisotopic (exact) mass is 221 g/mol. The Morgan fingerprint density at radius 2 is 2.40 bits per heavy atom. The van der Waals surface area contributed by atoms with E-state index in [4.69, 9.17) is 11.0 Å². The van der Waals surface area contributed by atoms with E-state index in [1.54, 1.807) is 0 Å². The average Bonchev–Trinajstić information content (AvgIpc) is 2.53. The predicted molar refractivity (Wildman–Crippen MR) is 63.9 cm³/mol. The van der Waals surface area contributed by atoms with Crippen LogP contribution in [0, 0.1) is 16.7 Å². The summed E-state index contributed by atoms with van der Waals surface area (Å²) in [6.07, 6.45) is 3.94. The van der Waals surface area contributed by atoms with E-state index in [1.165, 1.54) is 30.6 Å². The summed E-state index contributed by atoms with van der Waals surface area (Å²) in [6, 6.07) is 3.95. The summed E-state index contributed by atoms with van der Waals surface area (Å²) in [6.45, 7) is 3.28. The third-order valence-corrected chi connectivity index (χ3v) is 4.13. The first-order valence-electron chi connectivity index (χ1n) is 5.16. The first-order chi connectivity index (χ1) is 7.13. The number of thiophene rings is 1. The Balaban J connectivity index is 1.96. The fourth-order valence-corrected chi connectivity index (χ4v) is 2.61. The summed E-state index contributed by atoms with van der Waals surface area (Å²) in [5.74, 6) is 0. The molecule has 3 N–H and O–H groups in total. The van der Waals surface area contributed by atoms with Gasteiger partial charge in [-0.3, -0.25) is 0 Å². The number of nitrogen functional groups attached to an aromatic ring is 1. The van der Waals surface area contributed by atoms with Gasteiger partial charge in [0.15, 0.2) is 0 Å². The maximum absolute atomic E-state index is 8.77. The second kappa shape index (κ2) is 3.74. The maximum Gasteiger partial charge on any atom is 0.129 e. The Labute approximate surface area is 93.9 Å². The number of nitrogens with zero attached hydrogens (tertiary/aromatic N) is 1. The van der Waals surface area contributed by atoms with Crippen molar-refractivity contribution >= 4 is 22.0 Å². The number of nitrogens with one attached hydrogen (secondary N) is 1. The number of nitrogens with two attached hydrogens (primary N) is 1. The molecule has 2 rings (SSSR count). The molecule has 1 aromatic rings. The quantitative estimate of drug-likeness (QED) is 0.825. The van der Waals surface area contributed by atoms with Crippen LogP contribution in [0.1, 0.15) is 31.1 Å². The van der Waals surface area contributed by atoms with Gasteiger partial charge in [0.25, 0.3) is 0 Å². The van der Waals surface area contributed by atoms with Gasteiger partial charge in [0.05, 0.1) is 10.7 Å². The summed E-state index contributed by atoms with van der Waals surface area (Å²) in [5, 5.41) is 13.2. The molecular formula is C11H15N3S. The minimum Gasteiger partial charge on any atom is -0.397 e. The second-order valence-electron chi connectivity index (χ2n) is 4.52. The van der Waals surface area contributed by atoms with E-state index in [2.05, 4.69) is 18.3 Å². The third-order valence-electron chi connectivity index (χ3n) is 3.11. The van der Waals surface area contributed by atoms with Crippen molar-refractivity contribution < 1.29 is 0 Å². The van der Waals surface area contributed by atoms with Crippen LogP contribution in [0.4, 0.5) is 10.7 Å². The fraction of sp³-hybridized carbons (Fsp3) is 0.545. The highest BCUT2D eigenvalue weighted by atomic mass is 32.1. The zero-order chi connectivity index (χ0) is 10.9. The van der Waals surface area contributed by atoms with Crippen LogP contribution in [-0.2, 0) is 0 Å². The van der Waals surface area contributed by atoms with Crippen LogP contribution < -0.4 is 11.1 Å². The van der Waals surface area contributed by atoms with Gasteiger partial charge in [0.1, 0.15) is 10.9 Å². The van der Waals surface area contributed by atoms with Crippen molar-refractivity contribution in [2.75, 3.05) is 17.6 Å². The largest absolute Gasteiger partial charge is 0.397 e. The Morgan fingerprint density at radius 3 is 2.87 bits per heavy atom. The van der Waals surface area contributed by atoms with Gasteiger partial charge in [-0.15, -0.1) is 11.3 Å². The molecule has 0 unspecified atom stereocenters. The predicted octanol–water partition coefficient (Wildman–Crippen LogP) is 2.80. The van der Waals surface area contributed by atoms with Crippen LogP contribution in [0.15, 0.2) is 6.07 Å².